The first-order valence-electron chi connectivity index (χ1n) is 5.08. The zero-order chi connectivity index (χ0) is 9.41. The molecule has 1 atom stereocenters. The van der Waals surface area contributed by atoms with Crippen LogP contribution in [0, 0.1) is 0 Å². The van der Waals surface area contributed by atoms with Crippen LogP contribution in [0.15, 0.2) is 0 Å². The molecular weight excluding hydrogens is 176 g/mol. The molecule has 0 aromatic carbocycles. The Bertz CT molecular complexity index is 168. The van der Waals surface area contributed by atoms with Gasteiger partial charge in [-0.1, -0.05) is 32.0 Å². The van der Waals surface area contributed by atoms with Crippen molar-refractivity contribution in [2.45, 2.75) is 50.5 Å². The second-order valence-corrected chi connectivity index (χ2v) is 10.6. The monoisotopic (exact) mass is 202 g/mol. The first-order valence-corrected chi connectivity index (χ1v) is 8.28. The average Bonchev–Trinajstić information content (AvgIpc) is 1.95. The van der Waals surface area contributed by atoms with Crippen LogP contribution in [0.3, 0.4) is 0 Å². The Labute approximate surface area is 84.3 Å². The Morgan fingerprint density at radius 3 is 2.00 bits per heavy atom. The van der Waals surface area contributed by atoms with Crippen LogP contribution < -0.4 is 6.15 Å². The van der Waals surface area contributed by atoms with Crippen molar-refractivity contribution in [2.24, 2.45) is 0 Å². The van der Waals surface area contributed by atoms with Crippen LogP contribution in [0.25, 0.3) is 0 Å². The van der Waals surface area contributed by atoms with Crippen LogP contribution in [0.1, 0.15) is 26.2 Å². The van der Waals surface area contributed by atoms with Crippen LogP contribution in [0.5, 0.6) is 0 Å². The number of rotatable bonds is 1. The highest BCUT2D eigenvalue weighted by atomic mass is 28.3. The maximum absolute atomic E-state index is 2.55. The van der Waals surface area contributed by atoms with Crippen molar-refractivity contribution in [1.29, 1.82) is 0 Å². The highest BCUT2D eigenvalue weighted by molar-refractivity contribution is 6.80. The molecule has 1 rings (SSSR count). The third-order valence-electron chi connectivity index (χ3n) is 4.16. The van der Waals surface area contributed by atoms with Crippen LogP contribution in [0.2, 0.25) is 19.1 Å². The molecule has 1 aliphatic rings. The molecule has 0 saturated carbocycles. The predicted molar refractivity (Wildman–Crippen MR) is 63.3 cm³/mol. The largest absolute Gasteiger partial charge is 0.344 e. The van der Waals surface area contributed by atoms with Gasteiger partial charge in [-0.3, -0.25) is 0 Å². The van der Waals surface area contributed by atoms with Crippen LogP contribution >= 0.6 is 0 Å². The Morgan fingerprint density at radius 1 is 1.15 bits per heavy atom. The Morgan fingerprint density at radius 2 is 1.69 bits per heavy atom. The zero-order valence-electron chi connectivity index (χ0n) is 9.98. The Kier molecular flexibility index (Phi) is 4.15. The summed E-state index contributed by atoms with van der Waals surface area (Å²) in [5.41, 5.74) is 0. The Balaban J connectivity index is 0.00000144. The quantitative estimate of drug-likeness (QED) is 0.664. The van der Waals surface area contributed by atoms with Crippen molar-refractivity contribution in [3.05, 3.63) is 0 Å². The second-order valence-electron chi connectivity index (χ2n) is 5.26. The van der Waals surface area contributed by atoms with Gasteiger partial charge < -0.3 is 11.1 Å². The van der Waals surface area contributed by atoms with Crippen LogP contribution in [-0.4, -0.2) is 32.2 Å². The van der Waals surface area contributed by atoms with Crippen LogP contribution in [-0.2, 0) is 0 Å². The van der Waals surface area contributed by atoms with E-state index in [1.54, 1.807) is 0 Å². The molecule has 0 aliphatic carbocycles. The summed E-state index contributed by atoms with van der Waals surface area (Å²) in [7, 11) is 3.52. The number of nitrogens with zero attached hydrogens (tertiary/aromatic N) is 1. The highest BCUT2D eigenvalue weighted by Gasteiger charge is 2.45. The third kappa shape index (κ3) is 2.14. The van der Waals surface area contributed by atoms with Gasteiger partial charge in [-0.15, -0.1) is 0 Å². The van der Waals surface area contributed by atoms with E-state index in [0.717, 1.165) is 0 Å². The van der Waals surface area contributed by atoms with Gasteiger partial charge in [0.25, 0.3) is 0 Å². The molecule has 0 spiro atoms. The van der Waals surface area contributed by atoms with E-state index in [2.05, 4.69) is 39.0 Å². The number of hydrogen-bond acceptors (Lipinski definition) is 2. The first kappa shape index (κ1) is 13.1. The lowest BCUT2D eigenvalue weighted by atomic mass is 10.1. The maximum atomic E-state index is 2.55. The normalized spacial score (nSPS) is 32.8. The molecule has 2 nitrogen and oxygen atoms in total. The van der Waals surface area contributed by atoms with Gasteiger partial charge in [0.1, 0.15) is 0 Å². The van der Waals surface area contributed by atoms with Crippen molar-refractivity contribution in [1.82, 2.24) is 11.1 Å². The minimum Gasteiger partial charge on any atom is -0.344 e. The zero-order valence-corrected chi connectivity index (χ0v) is 11.0. The van der Waals surface area contributed by atoms with Crippen molar-refractivity contribution in [3.63, 3.8) is 0 Å². The standard InChI is InChI=1S/C10H23NSi.H3N/c1-10(11(2)3)8-6-7-9-12(10,4)5;/h6-9H2,1-5H3;1H3. The molecule has 1 unspecified atom stereocenters. The first-order chi connectivity index (χ1) is 5.40. The van der Waals surface area contributed by atoms with Gasteiger partial charge in [0.15, 0.2) is 0 Å². The third-order valence-corrected chi connectivity index (χ3v) is 9.38. The molecule has 0 aromatic rings. The van der Waals surface area contributed by atoms with Gasteiger partial charge in [-0.25, -0.2) is 0 Å². The smallest absolute Gasteiger partial charge is 0.0704 e. The molecule has 1 heterocycles. The molecule has 1 aliphatic heterocycles. The van der Waals surface area contributed by atoms with Gasteiger partial charge in [-0.05, 0) is 27.4 Å². The van der Waals surface area contributed by atoms with Crippen LogP contribution in [0.4, 0.5) is 0 Å². The van der Waals surface area contributed by atoms with Gasteiger partial charge in [0.05, 0.1) is 8.07 Å². The van der Waals surface area contributed by atoms with E-state index in [1.165, 1.54) is 25.3 Å². The van der Waals surface area contributed by atoms with Gasteiger partial charge in [0, 0.05) is 5.16 Å². The summed E-state index contributed by atoms with van der Waals surface area (Å²) in [6, 6.07) is 1.52. The second kappa shape index (κ2) is 4.11. The van der Waals surface area contributed by atoms with Crippen molar-refractivity contribution in [2.75, 3.05) is 14.1 Å². The molecule has 1 saturated heterocycles. The minimum absolute atomic E-state index is 0. The highest BCUT2D eigenvalue weighted by Crippen LogP contribution is 2.38. The summed E-state index contributed by atoms with van der Waals surface area (Å²) >= 11 is 0. The molecular formula is C10H26N2Si. The molecule has 3 N–H and O–H groups in total. The van der Waals surface area contributed by atoms with Gasteiger partial charge in [-0.2, -0.15) is 0 Å². The minimum atomic E-state index is -0.981. The van der Waals surface area contributed by atoms with E-state index in [4.69, 9.17) is 0 Å². The van der Waals surface area contributed by atoms with E-state index in [1.807, 2.05) is 0 Å². The van der Waals surface area contributed by atoms with E-state index in [0.29, 0.717) is 5.16 Å². The van der Waals surface area contributed by atoms with Gasteiger partial charge >= 0.3 is 0 Å². The summed E-state index contributed by atoms with van der Waals surface area (Å²) in [6.45, 7) is 7.57. The fourth-order valence-corrected chi connectivity index (χ4v) is 6.21. The van der Waals surface area contributed by atoms with E-state index >= 15 is 0 Å². The van der Waals surface area contributed by atoms with E-state index in [9.17, 15) is 0 Å². The predicted octanol–water partition coefficient (Wildman–Crippen LogP) is 2.90. The SMILES string of the molecule is CN(C)C1(C)CCCC[Si]1(C)C.N. The lowest BCUT2D eigenvalue weighted by molar-refractivity contribution is 0.224. The summed E-state index contributed by atoms with van der Waals surface area (Å²) in [5, 5.41) is 0.547. The molecule has 3 heteroatoms. The van der Waals surface area contributed by atoms with E-state index in [-0.39, 0.29) is 6.15 Å². The molecule has 0 aromatic heterocycles. The van der Waals surface area contributed by atoms with E-state index < -0.39 is 8.07 Å². The lowest BCUT2D eigenvalue weighted by Gasteiger charge is -2.51. The van der Waals surface area contributed by atoms with Gasteiger partial charge in [0.2, 0.25) is 0 Å². The fraction of sp³-hybridized carbons (Fsp3) is 1.00. The summed E-state index contributed by atoms with van der Waals surface area (Å²) in [5.74, 6) is 0. The maximum Gasteiger partial charge on any atom is 0.0704 e. The van der Waals surface area contributed by atoms with Crippen molar-refractivity contribution < 1.29 is 0 Å². The molecule has 0 amide bonds. The molecule has 13 heavy (non-hydrogen) atoms. The summed E-state index contributed by atoms with van der Waals surface area (Å²) in [6.07, 6.45) is 4.33. The molecule has 80 valence electrons. The fourth-order valence-electron chi connectivity index (χ4n) is 2.47. The van der Waals surface area contributed by atoms with Crippen molar-refractivity contribution >= 4 is 8.07 Å². The molecule has 0 radical (unpaired) electrons. The summed E-state index contributed by atoms with van der Waals surface area (Å²) < 4.78 is 0. The molecule has 0 bridgehead atoms. The topological polar surface area (TPSA) is 38.2 Å². The van der Waals surface area contributed by atoms with Crippen molar-refractivity contribution in [3.8, 4) is 0 Å². The lowest BCUT2D eigenvalue weighted by Crippen LogP contribution is -2.62. The average molecular weight is 202 g/mol. The summed E-state index contributed by atoms with van der Waals surface area (Å²) in [4.78, 5) is 2.47. The number of hydrogen-bond donors (Lipinski definition) is 1. The Hall–Kier alpha value is 0.137. The molecule has 1 fully saturated rings.